The zero-order chi connectivity index (χ0) is 15.5. The monoisotopic (exact) mass is 296 g/mol. The molecule has 0 bridgehead atoms. The lowest BCUT2D eigenvalue weighted by Crippen LogP contribution is -2.05. The highest BCUT2D eigenvalue weighted by molar-refractivity contribution is 5.45. The fourth-order valence-corrected chi connectivity index (χ4v) is 3.54. The van der Waals surface area contributed by atoms with Crippen LogP contribution in [0.2, 0.25) is 0 Å². The van der Waals surface area contributed by atoms with Crippen LogP contribution in [0, 0.1) is 6.92 Å². The Hall–Kier alpha value is -1.96. The van der Waals surface area contributed by atoms with Gasteiger partial charge in [0.25, 0.3) is 0 Å². The molecule has 2 nitrogen and oxygen atoms in total. The van der Waals surface area contributed by atoms with Crippen molar-refractivity contribution < 1.29 is 10.2 Å². The van der Waals surface area contributed by atoms with Gasteiger partial charge in [-0.25, -0.2) is 0 Å². The summed E-state index contributed by atoms with van der Waals surface area (Å²) in [6.45, 7) is 1.92. The molecule has 0 saturated heterocycles. The molecule has 3 rings (SSSR count). The molecule has 0 aliphatic heterocycles. The van der Waals surface area contributed by atoms with Gasteiger partial charge in [0.05, 0.1) is 0 Å². The molecule has 0 unspecified atom stereocenters. The Balaban J connectivity index is 1.87. The van der Waals surface area contributed by atoms with Crippen LogP contribution in [0.25, 0.3) is 0 Å². The number of para-hydroxylation sites is 1. The number of benzene rings is 2. The summed E-state index contributed by atoms with van der Waals surface area (Å²) in [4.78, 5) is 0. The third-order valence-electron chi connectivity index (χ3n) is 4.85. The number of aromatic hydroxyl groups is 2. The Morgan fingerprint density at radius 1 is 1.00 bits per heavy atom. The highest BCUT2D eigenvalue weighted by Gasteiger charge is 2.19. The molecule has 1 aliphatic carbocycles. The van der Waals surface area contributed by atoms with Gasteiger partial charge in [-0.2, -0.15) is 0 Å². The van der Waals surface area contributed by atoms with Gasteiger partial charge < -0.3 is 10.2 Å². The zero-order valence-corrected chi connectivity index (χ0v) is 13.2. The van der Waals surface area contributed by atoms with Crippen molar-refractivity contribution in [2.75, 3.05) is 0 Å². The largest absolute Gasteiger partial charge is 0.508 e. The van der Waals surface area contributed by atoms with E-state index >= 15 is 0 Å². The van der Waals surface area contributed by atoms with Gasteiger partial charge in [-0.15, -0.1) is 0 Å². The number of hydrogen-bond acceptors (Lipinski definition) is 2. The van der Waals surface area contributed by atoms with Gasteiger partial charge >= 0.3 is 0 Å². The van der Waals surface area contributed by atoms with Gasteiger partial charge in [0.1, 0.15) is 11.5 Å². The number of hydrogen-bond donors (Lipinski definition) is 2. The molecule has 0 spiro atoms. The first-order valence-electron chi connectivity index (χ1n) is 8.24. The quantitative estimate of drug-likeness (QED) is 0.832. The lowest BCUT2D eigenvalue weighted by molar-refractivity contribution is 0.414. The molecule has 0 aromatic heterocycles. The Morgan fingerprint density at radius 2 is 1.77 bits per heavy atom. The topological polar surface area (TPSA) is 40.5 Å². The van der Waals surface area contributed by atoms with Gasteiger partial charge in [-0.1, -0.05) is 49.6 Å². The van der Waals surface area contributed by atoms with E-state index in [0.717, 1.165) is 22.3 Å². The maximum Gasteiger partial charge on any atom is 0.122 e. The van der Waals surface area contributed by atoms with Crippen LogP contribution >= 0.6 is 0 Å². The molecule has 0 heterocycles. The summed E-state index contributed by atoms with van der Waals surface area (Å²) in [5.41, 5.74) is 4.09. The molecule has 2 N–H and O–H groups in total. The highest BCUT2D eigenvalue weighted by atomic mass is 16.3. The first kappa shape index (κ1) is 15.0. The summed E-state index contributed by atoms with van der Waals surface area (Å²) in [6, 6.07) is 11.8. The van der Waals surface area contributed by atoms with E-state index in [9.17, 15) is 10.2 Å². The molecule has 2 heteroatoms. The van der Waals surface area contributed by atoms with Crippen LogP contribution in [0.1, 0.15) is 60.3 Å². The fraction of sp³-hybridized carbons (Fsp3) is 0.400. The SMILES string of the molecule is Cc1cccc(Cc2ccc(O)c(C3CCCCC3)c2)c1O. The first-order valence-corrected chi connectivity index (χ1v) is 8.24. The molecule has 116 valence electrons. The molecule has 1 saturated carbocycles. The Morgan fingerprint density at radius 3 is 2.55 bits per heavy atom. The average Bonchev–Trinajstić information content (AvgIpc) is 2.54. The molecule has 1 aliphatic rings. The van der Waals surface area contributed by atoms with Gasteiger partial charge in [0.15, 0.2) is 0 Å². The van der Waals surface area contributed by atoms with Crippen molar-refractivity contribution >= 4 is 0 Å². The zero-order valence-electron chi connectivity index (χ0n) is 13.2. The van der Waals surface area contributed by atoms with Crippen molar-refractivity contribution in [1.29, 1.82) is 0 Å². The standard InChI is InChI=1S/C20H24O2/c1-14-6-5-9-17(20(14)22)12-15-10-11-19(21)18(13-15)16-7-3-2-4-8-16/h5-6,9-11,13,16,21-22H,2-4,7-8,12H2,1H3. The molecule has 2 aromatic rings. The summed E-state index contributed by atoms with van der Waals surface area (Å²) in [5, 5.41) is 20.4. The molecule has 0 radical (unpaired) electrons. The summed E-state index contributed by atoms with van der Waals surface area (Å²) in [7, 11) is 0. The third-order valence-corrected chi connectivity index (χ3v) is 4.85. The summed E-state index contributed by atoms with van der Waals surface area (Å²) < 4.78 is 0. The summed E-state index contributed by atoms with van der Waals surface area (Å²) in [5.74, 6) is 1.29. The van der Waals surface area contributed by atoms with Gasteiger partial charge in [-0.3, -0.25) is 0 Å². The van der Waals surface area contributed by atoms with Crippen LogP contribution in [-0.4, -0.2) is 10.2 Å². The van der Waals surface area contributed by atoms with Crippen molar-refractivity contribution in [3.05, 3.63) is 58.7 Å². The predicted octanol–water partition coefficient (Wildman–Crippen LogP) is 5.04. The Labute approximate surface area is 132 Å². The summed E-state index contributed by atoms with van der Waals surface area (Å²) in [6.07, 6.45) is 6.88. The predicted molar refractivity (Wildman–Crippen MR) is 89.6 cm³/mol. The van der Waals surface area contributed by atoms with Crippen molar-refractivity contribution in [1.82, 2.24) is 0 Å². The lowest BCUT2D eigenvalue weighted by atomic mass is 9.83. The molecule has 2 aromatic carbocycles. The van der Waals surface area contributed by atoms with E-state index in [4.69, 9.17) is 0 Å². The molecular formula is C20H24O2. The van der Waals surface area contributed by atoms with E-state index in [1.807, 2.05) is 37.3 Å². The maximum absolute atomic E-state index is 10.2. The molecule has 0 atom stereocenters. The third kappa shape index (κ3) is 3.11. The smallest absolute Gasteiger partial charge is 0.122 e. The second kappa shape index (κ2) is 6.43. The van der Waals surface area contributed by atoms with E-state index in [-0.39, 0.29) is 0 Å². The van der Waals surface area contributed by atoms with Crippen LogP contribution in [0.3, 0.4) is 0 Å². The number of rotatable bonds is 3. The lowest BCUT2D eigenvalue weighted by Gasteiger charge is -2.23. The van der Waals surface area contributed by atoms with Crippen molar-refractivity contribution in [3.63, 3.8) is 0 Å². The molecule has 0 amide bonds. The Kier molecular flexibility index (Phi) is 4.37. The van der Waals surface area contributed by atoms with E-state index < -0.39 is 0 Å². The minimum Gasteiger partial charge on any atom is -0.508 e. The van der Waals surface area contributed by atoms with E-state index in [0.29, 0.717) is 23.8 Å². The number of aryl methyl sites for hydroxylation is 1. The molecular weight excluding hydrogens is 272 g/mol. The number of phenols is 2. The number of phenolic OH excluding ortho intramolecular Hbond substituents is 2. The van der Waals surface area contributed by atoms with Gasteiger partial charge in [0.2, 0.25) is 0 Å². The molecule has 1 fully saturated rings. The summed E-state index contributed by atoms with van der Waals surface area (Å²) >= 11 is 0. The van der Waals surface area contributed by atoms with E-state index in [2.05, 4.69) is 6.07 Å². The minimum atomic E-state index is 0.384. The van der Waals surface area contributed by atoms with Gasteiger partial charge in [0, 0.05) is 6.42 Å². The second-order valence-corrected chi connectivity index (χ2v) is 6.49. The minimum absolute atomic E-state index is 0.384. The van der Waals surface area contributed by atoms with Crippen LogP contribution < -0.4 is 0 Å². The Bertz CT molecular complexity index is 655. The van der Waals surface area contributed by atoms with E-state index in [1.54, 1.807) is 0 Å². The normalized spacial score (nSPS) is 15.9. The van der Waals surface area contributed by atoms with Crippen LogP contribution in [0.4, 0.5) is 0 Å². The highest BCUT2D eigenvalue weighted by Crippen LogP contribution is 2.38. The fourth-order valence-electron chi connectivity index (χ4n) is 3.54. The van der Waals surface area contributed by atoms with Crippen LogP contribution in [0.5, 0.6) is 11.5 Å². The first-order chi connectivity index (χ1) is 10.6. The van der Waals surface area contributed by atoms with Gasteiger partial charge in [-0.05, 0) is 54.0 Å². The van der Waals surface area contributed by atoms with Crippen LogP contribution in [0.15, 0.2) is 36.4 Å². The molecule has 22 heavy (non-hydrogen) atoms. The maximum atomic E-state index is 10.2. The second-order valence-electron chi connectivity index (χ2n) is 6.49. The van der Waals surface area contributed by atoms with Crippen LogP contribution in [-0.2, 0) is 6.42 Å². The van der Waals surface area contributed by atoms with Crippen molar-refractivity contribution in [3.8, 4) is 11.5 Å². The van der Waals surface area contributed by atoms with E-state index in [1.165, 1.54) is 32.1 Å². The van der Waals surface area contributed by atoms with Crippen molar-refractivity contribution in [2.45, 2.75) is 51.4 Å². The average molecular weight is 296 g/mol. The van der Waals surface area contributed by atoms with Crippen molar-refractivity contribution in [2.24, 2.45) is 0 Å².